The first-order valence-corrected chi connectivity index (χ1v) is 9.77. The molecule has 0 radical (unpaired) electrons. The molecule has 2 aliphatic heterocycles. The highest BCUT2D eigenvalue weighted by molar-refractivity contribution is 5.20. The normalized spacial score (nSPS) is 26.5. The van der Waals surface area contributed by atoms with Gasteiger partial charge in [0.25, 0.3) is 5.56 Å². The molecule has 2 fully saturated rings. The maximum atomic E-state index is 12.5. The monoisotopic (exact) mass is 347 g/mol. The summed E-state index contributed by atoms with van der Waals surface area (Å²) in [6.07, 6.45) is 7.90. The van der Waals surface area contributed by atoms with Gasteiger partial charge in [-0.3, -0.25) is 9.69 Å². The molecule has 2 saturated heterocycles. The van der Waals surface area contributed by atoms with Gasteiger partial charge in [-0.25, -0.2) is 4.68 Å². The Morgan fingerprint density at radius 2 is 2.04 bits per heavy atom. The van der Waals surface area contributed by atoms with Crippen LogP contribution in [-0.4, -0.2) is 57.7 Å². The predicted molar refractivity (Wildman–Crippen MR) is 94.7 cm³/mol. The van der Waals surface area contributed by atoms with Gasteiger partial charge in [0.15, 0.2) is 0 Å². The van der Waals surface area contributed by atoms with Gasteiger partial charge in [-0.2, -0.15) is 5.10 Å². The van der Waals surface area contributed by atoms with Crippen molar-refractivity contribution in [2.75, 3.05) is 26.3 Å². The number of aromatic nitrogens is 2. The number of nitrogens with zero attached hydrogens (tertiary/aromatic N) is 3. The second-order valence-electron chi connectivity index (χ2n) is 7.95. The Kier molecular flexibility index (Phi) is 4.93. The molecule has 0 spiro atoms. The average Bonchev–Trinajstić information content (AvgIpc) is 3.02. The summed E-state index contributed by atoms with van der Waals surface area (Å²) in [4.78, 5) is 14.8. The van der Waals surface area contributed by atoms with E-state index in [4.69, 9.17) is 4.74 Å². The first kappa shape index (κ1) is 17.2. The van der Waals surface area contributed by atoms with E-state index in [9.17, 15) is 9.90 Å². The first-order valence-electron chi connectivity index (χ1n) is 9.77. The molecule has 3 heterocycles. The summed E-state index contributed by atoms with van der Waals surface area (Å²) in [5, 5.41) is 15.5. The van der Waals surface area contributed by atoms with Crippen LogP contribution in [0.25, 0.3) is 0 Å². The zero-order chi connectivity index (χ0) is 17.3. The molecule has 0 amide bonds. The predicted octanol–water partition coefficient (Wildman–Crippen LogP) is 1.13. The van der Waals surface area contributed by atoms with E-state index in [1.807, 2.05) is 0 Å². The molecule has 1 aromatic heterocycles. The molecule has 0 saturated carbocycles. The highest BCUT2D eigenvalue weighted by Crippen LogP contribution is 2.27. The number of β-amino-alcohol motifs (C(OH)–C–C–N with tert-alkyl or cyclic N) is 1. The highest BCUT2D eigenvalue weighted by atomic mass is 16.5. The topological polar surface area (TPSA) is 67.6 Å². The van der Waals surface area contributed by atoms with Gasteiger partial charge in [0.05, 0.1) is 17.8 Å². The lowest BCUT2D eigenvalue weighted by atomic mass is 9.93. The number of likely N-dealkylation sites (tertiary alicyclic amines) is 1. The SMILES string of the molecule is O=c1cc2c(nn1CC1CCCN1CC1(O)CCOCC1)CCCC2. The fourth-order valence-electron chi connectivity index (χ4n) is 4.53. The Hall–Kier alpha value is -1.24. The van der Waals surface area contributed by atoms with E-state index < -0.39 is 5.60 Å². The van der Waals surface area contributed by atoms with Gasteiger partial charge in [-0.1, -0.05) is 0 Å². The van der Waals surface area contributed by atoms with Gasteiger partial charge < -0.3 is 9.84 Å². The number of rotatable bonds is 4. The second-order valence-corrected chi connectivity index (χ2v) is 7.95. The van der Waals surface area contributed by atoms with Crippen molar-refractivity contribution in [3.8, 4) is 0 Å². The van der Waals surface area contributed by atoms with Crippen LogP contribution in [0.15, 0.2) is 10.9 Å². The minimum absolute atomic E-state index is 0.0253. The van der Waals surface area contributed by atoms with Gasteiger partial charge in [-0.15, -0.1) is 0 Å². The molecular weight excluding hydrogens is 318 g/mol. The highest BCUT2D eigenvalue weighted by Gasteiger charge is 2.36. The maximum Gasteiger partial charge on any atom is 0.267 e. The Balaban J connectivity index is 1.47. The van der Waals surface area contributed by atoms with Crippen molar-refractivity contribution < 1.29 is 9.84 Å². The van der Waals surface area contributed by atoms with Crippen molar-refractivity contribution in [3.05, 3.63) is 27.7 Å². The summed E-state index contributed by atoms with van der Waals surface area (Å²) in [5.41, 5.74) is 1.64. The molecule has 0 aromatic carbocycles. The van der Waals surface area contributed by atoms with Crippen molar-refractivity contribution in [2.24, 2.45) is 0 Å². The van der Waals surface area contributed by atoms with Crippen LogP contribution >= 0.6 is 0 Å². The molecule has 1 N–H and O–H groups in total. The Bertz CT molecular complexity index is 666. The minimum atomic E-state index is -0.644. The summed E-state index contributed by atoms with van der Waals surface area (Å²) in [5.74, 6) is 0. The van der Waals surface area contributed by atoms with Crippen LogP contribution in [0, 0.1) is 0 Å². The first-order chi connectivity index (χ1) is 12.1. The van der Waals surface area contributed by atoms with Gasteiger partial charge in [-0.05, 0) is 50.6 Å². The van der Waals surface area contributed by atoms with Gasteiger partial charge in [0.1, 0.15) is 0 Å². The molecule has 1 atom stereocenters. The van der Waals surface area contributed by atoms with E-state index in [-0.39, 0.29) is 5.56 Å². The number of hydrogen-bond donors (Lipinski definition) is 1. The Morgan fingerprint density at radius 1 is 1.24 bits per heavy atom. The second kappa shape index (κ2) is 7.17. The fraction of sp³-hybridized carbons (Fsp3) is 0.789. The third kappa shape index (κ3) is 3.81. The molecular formula is C19H29N3O3. The zero-order valence-electron chi connectivity index (χ0n) is 15.0. The largest absolute Gasteiger partial charge is 0.388 e. The van der Waals surface area contributed by atoms with Gasteiger partial charge >= 0.3 is 0 Å². The fourth-order valence-corrected chi connectivity index (χ4v) is 4.53. The Morgan fingerprint density at radius 3 is 2.88 bits per heavy atom. The minimum Gasteiger partial charge on any atom is -0.388 e. The lowest BCUT2D eigenvalue weighted by molar-refractivity contribution is -0.0821. The summed E-state index contributed by atoms with van der Waals surface area (Å²) < 4.78 is 7.05. The average molecular weight is 347 g/mol. The van der Waals surface area contributed by atoms with Crippen LogP contribution in [0.1, 0.15) is 49.8 Å². The quantitative estimate of drug-likeness (QED) is 0.884. The van der Waals surface area contributed by atoms with Crippen LogP contribution in [0.2, 0.25) is 0 Å². The lowest BCUT2D eigenvalue weighted by Gasteiger charge is -2.37. The third-order valence-corrected chi connectivity index (χ3v) is 6.08. The number of ether oxygens (including phenoxy) is 1. The van der Waals surface area contributed by atoms with E-state index in [1.54, 1.807) is 10.7 Å². The summed E-state index contributed by atoms with van der Waals surface area (Å²) >= 11 is 0. The number of aliphatic hydroxyl groups is 1. The molecule has 0 bridgehead atoms. The number of aryl methyl sites for hydroxylation is 2. The van der Waals surface area contributed by atoms with E-state index in [0.29, 0.717) is 45.2 Å². The Labute approximate surface area is 148 Å². The van der Waals surface area contributed by atoms with Crippen LogP contribution in [-0.2, 0) is 24.1 Å². The van der Waals surface area contributed by atoms with Crippen LogP contribution in [0.3, 0.4) is 0 Å². The molecule has 1 aromatic rings. The lowest BCUT2D eigenvalue weighted by Crippen LogP contribution is -2.49. The molecule has 25 heavy (non-hydrogen) atoms. The van der Waals surface area contributed by atoms with E-state index in [1.165, 1.54) is 6.42 Å². The van der Waals surface area contributed by atoms with E-state index >= 15 is 0 Å². The van der Waals surface area contributed by atoms with E-state index in [0.717, 1.165) is 49.9 Å². The number of hydrogen-bond acceptors (Lipinski definition) is 5. The van der Waals surface area contributed by atoms with Crippen molar-refractivity contribution in [1.29, 1.82) is 0 Å². The smallest absolute Gasteiger partial charge is 0.267 e. The van der Waals surface area contributed by atoms with Crippen LogP contribution in [0.5, 0.6) is 0 Å². The molecule has 138 valence electrons. The molecule has 3 aliphatic rings. The van der Waals surface area contributed by atoms with Crippen molar-refractivity contribution in [3.63, 3.8) is 0 Å². The van der Waals surface area contributed by atoms with Crippen molar-refractivity contribution in [2.45, 2.75) is 69.6 Å². The standard InChI is InChI=1S/C19H29N3O3/c23-18-12-15-4-1-2-6-17(15)20-22(18)13-16-5-3-9-21(16)14-19(24)7-10-25-11-8-19/h12,16,24H,1-11,13-14H2. The van der Waals surface area contributed by atoms with Crippen molar-refractivity contribution in [1.82, 2.24) is 14.7 Å². The molecule has 4 rings (SSSR count). The summed E-state index contributed by atoms with van der Waals surface area (Å²) in [6.45, 7) is 3.59. The summed E-state index contributed by atoms with van der Waals surface area (Å²) in [7, 11) is 0. The maximum absolute atomic E-state index is 12.5. The van der Waals surface area contributed by atoms with Crippen LogP contribution < -0.4 is 5.56 Å². The molecule has 6 heteroatoms. The third-order valence-electron chi connectivity index (χ3n) is 6.08. The van der Waals surface area contributed by atoms with E-state index in [2.05, 4.69) is 10.00 Å². The van der Waals surface area contributed by atoms with Gasteiger partial charge in [0, 0.05) is 44.7 Å². The zero-order valence-corrected chi connectivity index (χ0v) is 15.0. The molecule has 1 unspecified atom stereocenters. The summed E-state index contributed by atoms with van der Waals surface area (Å²) in [6, 6.07) is 2.09. The van der Waals surface area contributed by atoms with Crippen LogP contribution in [0.4, 0.5) is 0 Å². The molecule has 1 aliphatic carbocycles. The number of fused-ring (bicyclic) bond motifs is 1. The van der Waals surface area contributed by atoms with Gasteiger partial charge in [0.2, 0.25) is 0 Å². The molecule has 6 nitrogen and oxygen atoms in total. The van der Waals surface area contributed by atoms with Crippen molar-refractivity contribution >= 4 is 0 Å².